The predicted octanol–water partition coefficient (Wildman–Crippen LogP) is 6.96. The van der Waals surface area contributed by atoms with Gasteiger partial charge >= 0.3 is 0 Å². The summed E-state index contributed by atoms with van der Waals surface area (Å²) in [6.45, 7) is 16.8. The third-order valence-electron chi connectivity index (χ3n) is 0.667. The average molecular weight is 240 g/mol. The van der Waals surface area contributed by atoms with Crippen molar-refractivity contribution in [1.29, 1.82) is 0 Å². The summed E-state index contributed by atoms with van der Waals surface area (Å²) >= 11 is 0. The maximum atomic E-state index is 2.12. The number of rotatable bonds is 0. The smallest absolute Gasteiger partial charge is 0.0590 e. The van der Waals surface area contributed by atoms with Gasteiger partial charge in [0.2, 0.25) is 0 Å². The molecule has 0 aromatic heterocycles. The topological polar surface area (TPSA) is 0 Å². The lowest BCUT2D eigenvalue weighted by Gasteiger charge is -1.69. The van der Waals surface area contributed by atoms with Crippen molar-refractivity contribution in [1.82, 2.24) is 0 Å². The third kappa shape index (κ3) is 97.6. The van der Waals surface area contributed by atoms with E-state index in [1.165, 1.54) is 19.3 Å². The number of hydrogen-bond donors (Lipinski definition) is 0. The predicted molar refractivity (Wildman–Crippen MR) is 85.7 cm³/mol. The number of hydrogen-bond acceptors (Lipinski definition) is 0. The molecule has 17 heavy (non-hydrogen) atoms. The molecule has 0 aliphatic carbocycles. The van der Waals surface area contributed by atoms with Gasteiger partial charge in [-0.3, -0.25) is 0 Å². The van der Waals surface area contributed by atoms with Gasteiger partial charge in [0, 0.05) is 0 Å². The minimum Gasteiger partial charge on any atom is -0.0683 e. The molecule has 1 aromatic rings. The molecule has 0 aliphatic heterocycles. The Morgan fingerprint density at radius 1 is 0.412 bits per heavy atom. The van der Waals surface area contributed by atoms with Crippen molar-refractivity contribution >= 4 is 0 Å². The van der Waals surface area contributed by atoms with Gasteiger partial charge < -0.3 is 0 Å². The molecule has 0 saturated heterocycles. The van der Waals surface area contributed by atoms with Gasteiger partial charge in [-0.1, -0.05) is 111 Å². The molecule has 0 aliphatic rings. The Kier molecular flexibility index (Phi) is 67.4. The van der Waals surface area contributed by atoms with Gasteiger partial charge in [0.15, 0.2) is 0 Å². The van der Waals surface area contributed by atoms with E-state index in [1.807, 2.05) is 50.2 Å². The second-order valence-electron chi connectivity index (χ2n) is 3.28. The molecule has 0 spiro atoms. The zero-order valence-electron chi connectivity index (χ0n) is 13.6. The first-order valence-electron chi connectivity index (χ1n) is 7.24. The Morgan fingerprint density at radius 2 is 0.471 bits per heavy atom. The summed E-state index contributed by atoms with van der Waals surface area (Å²) in [7, 11) is 0. The molecule has 0 N–H and O–H groups in total. The van der Waals surface area contributed by atoms with Gasteiger partial charge in [-0.2, -0.15) is 0 Å². The molecule has 104 valence electrons. The maximum Gasteiger partial charge on any atom is -0.0590 e. The molecule has 0 nitrogen and oxygen atoms in total. The lowest BCUT2D eigenvalue weighted by molar-refractivity contribution is 1.09. The molecule has 0 heteroatoms. The molecule has 0 bridgehead atoms. The third-order valence-corrected chi connectivity index (χ3v) is 0.667. The molecule has 0 unspecified atom stereocenters. The first kappa shape index (κ1) is 25.2. The largest absolute Gasteiger partial charge is 0.0683 e. The van der Waals surface area contributed by atoms with E-state index >= 15 is 0 Å². The van der Waals surface area contributed by atoms with E-state index < -0.39 is 0 Å². The Labute approximate surface area is 111 Å². The highest BCUT2D eigenvalue weighted by Crippen LogP contribution is 1.79. The lowest BCUT2D eigenvalue weighted by atomic mass is 10.4. The Bertz CT molecular complexity index is 101. The van der Waals surface area contributed by atoms with Crippen molar-refractivity contribution < 1.29 is 0 Å². The Balaban J connectivity index is -0.0000000676. The van der Waals surface area contributed by atoms with Crippen LogP contribution >= 0.6 is 0 Å². The van der Waals surface area contributed by atoms with Crippen LogP contribution in [0.1, 0.15) is 74.7 Å². The fraction of sp³-hybridized carbons (Fsp3) is 0.647. The summed E-state index contributed by atoms with van der Waals surface area (Å²) in [5.74, 6) is 0. The van der Waals surface area contributed by atoms with Crippen LogP contribution in [0, 0.1) is 0 Å². The monoisotopic (exact) mass is 240 g/mol. The highest BCUT2D eigenvalue weighted by atomic mass is 13.6. The summed E-state index contributed by atoms with van der Waals surface area (Å²) in [4.78, 5) is 0. The van der Waals surface area contributed by atoms with Crippen LogP contribution in [0.15, 0.2) is 36.4 Å². The van der Waals surface area contributed by atoms with Gasteiger partial charge in [-0.05, 0) is 0 Å². The van der Waals surface area contributed by atoms with E-state index in [4.69, 9.17) is 0 Å². The summed E-state index contributed by atoms with van der Waals surface area (Å²) in [6.07, 6.45) is 3.75. The fourth-order valence-electron chi connectivity index (χ4n) is 0.385. The van der Waals surface area contributed by atoms with E-state index in [-0.39, 0.29) is 0 Å². The molecule has 1 aromatic carbocycles. The van der Waals surface area contributed by atoms with Crippen molar-refractivity contribution in [2.24, 2.45) is 0 Å². The summed E-state index contributed by atoms with van der Waals surface area (Å²) < 4.78 is 0. The van der Waals surface area contributed by atoms with Crippen LogP contribution < -0.4 is 0 Å². The molecule has 0 fully saturated rings. The first-order valence-corrected chi connectivity index (χ1v) is 7.24. The van der Waals surface area contributed by atoms with Crippen LogP contribution in [0.2, 0.25) is 0 Å². The minimum atomic E-state index is 1.25. The van der Waals surface area contributed by atoms with Gasteiger partial charge in [-0.25, -0.2) is 0 Å². The Morgan fingerprint density at radius 3 is 0.529 bits per heavy atom. The molecular formula is C17H36. The SMILES string of the molecule is CC.CCC.CCC.CCC.c1ccccc1. The van der Waals surface area contributed by atoms with Crippen LogP contribution in [-0.2, 0) is 0 Å². The van der Waals surface area contributed by atoms with Crippen LogP contribution in [-0.4, -0.2) is 0 Å². The van der Waals surface area contributed by atoms with Crippen LogP contribution in [0.3, 0.4) is 0 Å². The average Bonchev–Trinajstić information content (AvgIpc) is 2.37. The molecule has 0 heterocycles. The Hall–Kier alpha value is -0.780. The van der Waals surface area contributed by atoms with Crippen molar-refractivity contribution in [3.8, 4) is 0 Å². The summed E-state index contributed by atoms with van der Waals surface area (Å²) in [5, 5.41) is 0. The van der Waals surface area contributed by atoms with Crippen LogP contribution in [0.4, 0.5) is 0 Å². The zero-order valence-corrected chi connectivity index (χ0v) is 13.6. The second kappa shape index (κ2) is 45.5. The van der Waals surface area contributed by atoms with Crippen molar-refractivity contribution in [3.63, 3.8) is 0 Å². The first-order chi connectivity index (χ1) is 8.24. The molecule has 0 radical (unpaired) electrons. The highest BCUT2D eigenvalue weighted by Gasteiger charge is 1.57. The molecule has 0 saturated carbocycles. The van der Waals surface area contributed by atoms with Crippen molar-refractivity contribution in [2.75, 3.05) is 0 Å². The fourth-order valence-corrected chi connectivity index (χ4v) is 0.385. The standard InChI is InChI=1S/C6H6.3C3H8.C2H6/c1-2-4-6-5-3-1;3*1-3-2;1-2/h1-6H;3*3H2,1-2H3;1-2H3. The summed E-state index contributed by atoms with van der Waals surface area (Å²) in [5.41, 5.74) is 0. The highest BCUT2D eigenvalue weighted by molar-refractivity contribution is 4.99. The quantitative estimate of drug-likeness (QED) is 0.459. The van der Waals surface area contributed by atoms with E-state index in [2.05, 4.69) is 41.5 Å². The number of benzene rings is 1. The van der Waals surface area contributed by atoms with Crippen molar-refractivity contribution in [3.05, 3.63) is 36.4 Å². The molecule has 0 atom stereocenters. The molecule has 1 rings (SSSR count). The lowest BCUT2D eigenvalue weighted by Crippen LogP contribution is -1.47. The van der Waals surface area contributed by atoms with Crippen LogP contribution in [0.25, 0.3) is 0 Å². The van der Waals surface area contributed by atoms with Gasteiger partial charge in [0.1, 0.15) is 0 Å². The van der Waals surface area contributed by atoms with E-state index in [0.29, 0.717) is 0 Å². The van der Waals surface area contributed by atoms with E-state index in [1.54, 1.807) is 0 Å². The normalized spacial score (nSPS) is 6.35. The minimum absolute atomic E-state index is 1.25. The van der Waals surface area contributed by atoms with Gasteiger partial charge in [0.05, 0.1) is 0 Å². The summed E-state index contributed by atoms with van der Waals surface area (Å²) in [6, 6.07) is 12.0. The maximum absolute atomic E-state index is 2.12. The zero-order chi connectivity index (χ0) is 14.4. The van der Waals surface area contributed by atoms with Gasteiger partial charge in [-0.15, -0.1) is 0 Å². The van der Waals surface area contributed by atoms with Gasteiger partial charge in [0.25, 0.3) is 0 Å². The molecule has 0 amide bonds. The van der Waals surface area contributed by atoms with E-state index in [9.17, 15) is 0 Å². The van der Waals surface area contributed by atoms with E-state index in [0.717, 1.165) is 0 Å². The second-order valence-corrected chi connectivity index (χ2v) is 3.28. The van der Waals surface area contributed by atoms with Crippen LogP contribution in [0.5, 0.6) is 0 Å². The molecular weight excluding hydrogens is 204 g/mol. The van der Waals surface area contributed by atoms with Crippen molar-refractivity contribution in [2.45, 2.75) is 74.7 Å².